The predicted molar refractivity (Wildman–Crippen MR) is 124 cm³/mol. The fourth-order valence-corrected chi connectivity index (χ4v) is 4.61. The van der Waals surface area contributed by atoms with E-state index in [4.69, 9.17) is 9.47 Å². The van der Waals surface area contributed by atoms with Gasteiger partial charge in [0.2, 0.25) is 0 Å². The van der Waals surface area contributed by atoms with Crippen LogP contribution in [0.15, 0.2) is 53.4 Å². The number of hydrogen-bond donors (Lipinski definition) is 2. The Morgan fingerprint density at radius 1 is 1.16 bits per heavy atom. The van der Waals surface area contributed by atoms with Gasteiger partial charge >= 0.3 is 0 Å². The molecule has 2 N–H and O–H groups in total. The lowest BCUT2D eigenvalue weighted by Crippen LogP contribution is -2.44. The molecule has 0 aliphatic carbocycles. The number of nitrogens with zero attached hydrogens (tertiary/aromatic N) is 1. The number of hydrogen-bond acceptors (Lipinski definition) is 6. The number of ether oxygens (including phenoxy) is 2. The van der Waals surface area contributed by atoms with Crippen molar-refractivity contribution in [2.45, 2.75) is 30.9 Å². The van der Waals surface area contributed by atoms with Crippen LogP contribution in [0.1, 0.15) is 24.2 Å². The number of anilines is 1. The molecule has 1 aliphatic heterocycles. The van der Waals surface area contributed by atoms with Crippen LogP contribution in [0.3, 0.4) is 0 Å². The van der Waals surface area contributed by atoms with Crippen LogP contribution in [-0.2, 0) is 14.8 Å². The number of amides is 1. The summed E-state index contributed by atoms with van der Waals surface area (Å²) in [6.45, 7) is 5.58. The molecule has 1 aliphatic rings. The van der Waals surface area contributed by atoms with Crippen LogP contribution in [0.5, 0.6) is 5.75 Å². The minimum atomic E-state index is -3.79. The average molecular weight is 462 g/mol. The SMILES string of the molecule is CO[C@H]1CN(C)C(=O)c2cc(NS(=O)(=O)c3ccccc3)ccc2OC[C@@H](C)NC[C@H]1C. The second-order valence-corrected chi connectivity index (χ2v) is 9.87. The number of nitrogens with one attached hydrogen (secondary N) is 2. The smallest absolute Gasteiger partial charge is 0.261 e. The van der Waals surface area contributed by atoms with Crippen LogP contribution in [0.25, 0.3) is 0 Å². The van der Waals surface area contributed by atoms with E-state index in [1.807, 2.05) is 6.92 Å². The summed E-state index contributed by atoms with van der Waals surface area (Å²) in [4.78, 5) is 15.0. The highest BCUT2D eigenvalue weighted by atomic mass is 32.2. The molecule has 0 saturated heterocycles. The van der Waals surface area contributed by atoms with E-state index in [-0.39, 0.29) is 40.1 Å². The normalized spacial score (nSPS) is 22.8. The summed E-state index contributed by atoms with van der Waals surface area (Å²) >= 11 is 0. The van der Waals surface area contributed by atoms with Crippen LogP contribution in [-0.4, -0.2) is 65.2 Å². The second kappa shape index (κ2) is 10.3. The van der Waals surface area contributed by atoms with Gasteiger partial charge < -0.3 is 19.7 Å². The molecule has 0 spiro atoms. The Morgan fingerprint density at radius 3 is 2.56 bits per heavy atom. The first-order valence-electron chi connectivity index (χ1n) is 10.6. The van der Waals surface area contributed by atoms with Crippen molar-refractivity contribution in [1.29, 1.82) is 0 Å². The number of benzene rings is 2. The maximum Gasteiger partial charge on any atom is 0.261 e. The third-order valence-corrected chi connectivity index (χ3v) is 6.93. The summed E-state index contributed by atoms with van der Waals surface area (Å²) in [7, 11) is -0.442. The van der Waals surface area contributed by atoms with E-state index in [0.29, 0.717) is 18.9 Å². The van der Waals surface area contributed by atoms with Gasteiger partial charge in [0.1, 0.15) is 12.4 Å². The summed E-state index contributed by atoms with van der Waals surface area (Å²) in [5.41, 5.74) is 0.573. The van der Waals surface area contributed by atoms with Crippen molar-refractivity contribution >= 4 is 21.6 Å². The first kappa shape index (κ1) is 24.0. The summed E-state index contributed by atoms with van der Waals surface area (Å²) < 4.78 is 39.6. The highest BCUT2D eigenvalue weighted by molar-refractivity contribution is 7.92. The van der Waals surface area contributed by atoms with E-state index in [0.717, 1.165) is 6.54 Å². The Labute approximate surface area is 190 Å². The Morgan fingerprint density at radius 2 is 1.88 bits per heavy atom. The Hall–Kier alpha value is -2.62. The number of rotatable bonds is 4. The van der Waals surface area contributed by atoms with Crippen molar-refractivity contribution < 1.29 is 22.7 Å². The van der Waals surface area contributed by atoms with Gasteiger partial charge in [-0.15, -0.1) is 0 Å². The van der Waals surface area contributed by atoms with Crippen LogP contribution >= 0.6 is 0 Å². The molecule has 0 unspecified atom stereocenters. The molecule has 3 rings (SSSR count). The third-order valence-electron chi connectivity index (χ3n) is 5.53. The number of sulfonamides is 1. The summed E-state index contributed by atoms with van der Waals surface area (Å²) in [5, 5.41) is 3.43. The minimum Gasteiger partial charge on any atom is -0.491 e. The molecule has 0 saturated carbocycles. The van der Waals surface area contributed by atoms with Crippen LogP contribution in [0.4, 0.5) is 5.69 Å². The Bertz CT molecular complexity index is 1030. The summed E-state index contributed by atoms with van der Waals surface area (Å²) in [6, 6.07) is 12.9. The summed E-state index contributed by atoms with van der Waals surface area (Å²) in [5.74, 6) is 0.317. The van der Waals surface area contributed by atoms with Gasteiger partial charge in [-0.3, -0.25) is 9.52 Å². The molecule has 9 heteroatoms. The first-order valence-corrected chi connectivity index (χ1v) is 12.1. The third kappa shape index (κ3) is 5.79. The van der Waals surface area contributed by atoms with Gasteiger partial charge in [0, 0.05) is 39.0 Å². The molecule has 32 heavy (non-hydrogen) atoms. The second-order valence-electron chi connectivity index (χ2n) is 8.19. The molecule has 0 bridgehead atoms. The molecule has 3 atom stereocenters. The lowest BCUT2D eigenvalue weighted by molar-refractivity contribution is 0.0281. The fourth-order valence-electron chi connectivity index (χ4n) is 3.54. The van der Waals surface area contributed by atoms with Crippen LogP contribution in [0.2, 0.25) is 0 Å². The van der Waals surface area contributed by atoms with Gasteiger partial charge in [0.15, 0.2) is 0 Å². The van der Waals surface area contributed by atoms with E-state index in [9.17, 15) is 13.2 Å². The topological polar surface area (TPSA) is 97.0 Å². The van der Waals surface area contributed by atoms with E-state index in [1.165, 1.54) is 18.2 Å². The van der Waals surface area contributed by atoms with Gasteiger partial charge in [-0.05, 0) is 43.2 Å². The molecular weight excluding hydrogens is 430 g/mol. The van der Waals surface area contributed by atoms with Crippen LogP contribution in [0, 0.1) is 5.92 Å². The highest BCUT2D eigenvalue weighted by Crippen LogP contribution is 2.27. The molecule has 2 aromatic rings. The average Bonchev–Trinajstić information content (AvgIpc) is 2.79. The van der Waals surface area contributed by atoms with E-state index in [2.05, 4.69) is 17.0 Å². The van der Waals surface area contributed by atoms with Crippen LogP contribution < -0.4 is 14.8 Å². The van der Waals surface area contributed by atoms with Crippen molar-refractivity contribution in [2.24, 2.45) is 5.92 Å². The molecule has 0 fully saturated rings. The largest absolute Gasteiger partial charge is 0.491 e. The molecule has 174 valence electrons. The molecular formula is C23H31N3O5S. The van der Waals surface area contributed by atoms with Gasteiger partial charge in [-0.2, -0.15) is 0 Å². The van der Waals surface area contributed by atoms with Crippen molar-refractivity contribution in [3.8, 4) is 5.75 Å². The zero-order chi connectivity index (χ0) is 23.3. The molecule has 1 amide bonds. The zero-order valence-electron chi connectivity index (χ0n) is 18.9. The number of carbonyl (C=O) groups is 1. The predicted octanol–water partition coefficient (Wildman–Crippen LogP) is 2.58. The number of methoxy groups -OCH3 is 1. The number of likely N-dealkylation sites (N-methyl/N-ethyl adjacent to an activating group) is 1. The highest BCUT2D eigenvalue weighted by Gasteiger charge is 2.26. The molecule has 8 nitrogen and oxygen atoms in total. The van der Waals surface area contributed by atoms with E-state index in [1.54, 1.807) is 49.4 Å². The van der Waals surface area contributed by atoms with Crippen molar-refractivity contribution in [3.63, 3.8) is 0 Å². The number of fused-ring (bicyclic) bond motifs is 1. The maximum absolute atomic E-state index is 13.3. The monoisotopic (exact) mass is 461 g/mol. The lowest BCUT2D eigenvalue weighted by atomic mass is 10.0. The zero-order valence-corrected chi connectivity index (χ0v) is 19.7. The van der Waals surface area contributed by atoms with Gasteiger partial charge in [-0.1, -0.05) is 25.1 Å². The first-order chi connectivity index (χ1) is 15.2. The van der Waals surface area contributed by atoms with Gasteiger partial charge in [0.05, 0.1) is 16.6 Å². The van der Waals surface area contributed by atoms with Gasteiger partial charge in [0.25, 0.3) is 15.9 Å². The summed E-state index contributed by atoms with van der Waals surface area (Å²) in [6.07, 6.45) is -0.146. The fraction of sp³-hybridized carbons (Fsp3) is 0.435. The Kier molecular flexibility index (Phi) is 7.76. The van der Waals surface area contributed by atoms with Crippen molar-refractivity contribution in [3.05, 3.63) is 54.1 Å². The molecule has 1 heterocycles. The van der Waals surface area contributed by atoms with Crippen molar-refractivity contribution in [1.82, 2.24) is 10.2 Å². The van der Waals surface area contributed by atoms with E-state index >= 15 is 0 Å². The molecule has 0 aromatic heterocycles. The molecule has 2 aromatic carbocycles. The van der Waals surface area contributed by atoms with Gasteiger partial charge in [-0.25, -0.2) is 8.42 Å². The standard InChI is InChI=1S/C23H31N3O5S/c1-16-13-24-17(2)15-31-21-11-10-18(25-32(28,29)19-8-6-5-7-9-19)12-20(21)23(27)26(3)14-22(16)30-4/h5-12,16-17,22,24-25H,13-15H2,1-4H3/t16-,17-,22+/m1/s1. The quantitative estimate of drug-likeness (QED) is 0.727. The number of carbonyl (C=O) groups excluding carboxylic acids is 1. The van der Waals surface area contributed by atoms with E-state index < -0.39 is 10.0 Å². The maximum atomic E-state index is 13.3. The lowest BCUT2D eigenvalue weighted by Gasteiger charge is -2.30. The Balaban J connectivity index is 1.93. The van der Waals surface area contributed by atoms with Crippen molar-refractivity contribution in [2.75, 3.05) is 38.6 Å². The molecule has 0 radical (unpaired) electrons. The minimum absolute atomic E-state index is 0.0614.